The molecule has 5 rings (SSSR count). The van der Waals surface area contributed by atoms with Gasteiger partial charge < -0.3 is 16.1 Å². The number of rotatable bonds is 4. The lowest BCUT2D eigenvalue weighted by molar-refractivity contribution is -0.117. The largest absolute Gasteiger partial charge is 0.355 e. The number of nitrogens with one attached hydrogen (secondary N) is 3. The number of amides is 2. The summed E-state index contributed by atoms with van der Waals surface area (Å²) in [4.78, 5) is 38.2. The maximum Gasteiger partial charge on any atom is 0.254 e. The third-order valence-corrected chi connectivity index (χ3v) is 6.41. The van der Waals surface area contributed by atoms with Gasteiger partial charge in [0.1, 0.15) is 17.5 Å². The van der Waals surface area contributed by atoms with Crippen LogP contribution in [0.5, 0.6) is 0 Å². The Morgan fingerprint density at radius 1 is 1.39 bits per heavy atom. The molecule has 3 N–H and O–H groups in total. The second-order valence-electron chi connectivity index (χ2n) is 8.98. The number of nitrogens with zero attached hydrogens (tertiary/aromatic N) is 4. The van der Waals surface area contributed by atoms with Crippen LogP contribution < -0.4 is 16.1 Å². The molecule has 2 amide bonds. The highest BCUT2D eigenvalue weighted by Gasteiger charge is 2.52. The fourth-order valence-electron chi connectivity index (χ4n) is 4.66. The van der Waals surface area contributed by atoms with Crippen molar-refractivity contribution in [3.8, 4) is 0 Å². The molecule has 33 heavy (non-hydrogen) atoms. The predicted octanol–water partition coefficient (Wildman–Crippen LogP) is 2.49. The molecule has 4 aliphatic rings. The number of anilines is 1. The Morgan fingerprint density at radius 3 is 2.97 bits per heavy atom. The Labute approximate surface area is 195 Å². The molecule has 2 fully saturated rings. The molecule has 10 heteroatoms. The Bertz CT molecular complexity index is 1270. The average molecular weight is 455 g/mol. The quantitative estimate of drug-likeness (QED) is 0.647. The highest BCUT2D eigenvalue weighted by molar-refractivity contribution is 6.15. The lowest BCUT2D eigenvalue weighted by Crippen LogP contribution is -2.43. The van der Waals surface area contributed by atoms with Crippen LogP contribution in [0.2, 0.25) is 0 Å². The number of halogens is 1. The van der Waals surface area contributed by atoms with Crippen molar-refractivity contribution < 1.29 is 18.1 Å². The second kappa shape index (κ2) is 7.87. The first-order valence-corrected chi connectivity index (χ1v) is 10.8. The van der Waals surface area contributed by atoms with Crippen molar-refractivity contribution in [3.63, 3.8) is 0 Å². The van der Waals surface area contributed by atoms with E-state index < -0.39 is 24.1 Å². The average Bonchev–Trinajstić information content (AvgIpc) is 3.57. The molecule has 1 saturated heterocycles. The van der Waals surface area contributed by atoms with E-state index in [1.54, 1.807) is 6.08 Å². The van der Waals surface area contributed by atoms with E-state index in [1.165, 1.54) is 18.3 Å². The van der Waals surface area contributed by atoms with Gasteiger partial charge in [-0.05, 0) is 31.4 Å². The second-order valence-corrected chi connectivity index (χ2v) is 8.98. The summed E-state index contributed by atoms with van der Waals surface area (Å²) < 4.78 is 37.1. The van der Waals surface area contributed by atoms with Gasteiger partial charge in [0.25, 0.3) is 5.91 Å². The molecule has 2 unspecified atom stereocenters. The van der Waals surface area contributed by atoms with Crippen LogP contribution in [0.1, 0.15) is 40.7 Å². The maximum absolute atomic E-state index is 15.0. The van der Waals surface area contributed by atoms with E-state index in [2.05, 4.69) is 25.7 Å². The van der Waals surface area contributed by atoms with Crippen molar-refractivity contribution in [2.75, 3.05) is 25.9 Å². The van der Waals surface area contributed by atoms with Gasteiger partial charge in [0.15, 0.2) is 0 Å². The number of amidine groups is 1. The van der Waals surface area contributed by atoms with Gasteiger partial charge in [-0.3, -0.25) is 9.59 Å². The minimum Gasteiger partial charge on any atom is -0.355 e. The van der Waals surface area contributed by atoms with Gasteiger partial charge in [-0.15, -0.1) is 0 Å². The van der Waals surface area contributed by atoms with E-state index in [9.17, 15) is 9.59 Å². The van der Waals surface area contributed by atoms with Crippen molar-refractivity contribution >= 4 is 34.9 Å². The topological polar surface area (TPSA) is 111 Å². The zero-order chi connectivity index (χ0) is 25.8. The molecule has 1 spiro atoms. The van der Waals surface area contributed by atoms with Crippen LogP contribution in [-0.2, 0) is 4.79 Å². The van der Waals surface area contributed by atoms with Gasteiger partial charge in [0.05, 0.1) is 22.4 Å². The lowest BCUT2D eigenvalue weighted by atomic mass is 9.69. The van der Waals surface area contributed by atoms with E-state index in [0.717, 1.165) is 18.5 Å². The molecule has 2 atom stereocenters. The molecule has 0 radical (unpaired) electrons. The molecule has 2 aliphatic carbocycles. The van der Waals surface area contributed by atoms with E-state index in [-0.39, 0.29) is 40.5 Å². The van der Waals surface area contributed by atoms with Crippen molar-refractivity contribution in [2.45, 2.75) is 26.2 Å². The summed E-state index contributed by atoms with van der Waals surface area (Å²) in [6.07, 6.45) is 6.39. The zero-order valence-electron chi connectivity index (χ0n) is 21.3. The maximum atomic E-state index is 15.0. The molecule has 9 nitrogen and oxygen atoms in total. The fourth-order valence-corrected chi connectivity index (χ4v) is 4.66. The smallest absolute Gasteiger partial charge is 0.254 e. The number of carbonyl (C=O) groups is 2. The molecular formula is C23H26FN7O2. The van der Waals surface area contributed by atoms with Crippen molar-refractivity contribution in [2.24, 2.45) is 27.2 Å². The first-order chi connectivity index (χ1) is 16.9. The lowest BCUT2D eigenvalue weighted by Gasteiger charge is -2.37. The number of pyridine rings is 1. The first kappa shape index (κ1) is 18.1. The molecule has 172 valence electrons. The summed E-state index contributed by atoms with van der Waals surface area (Å²) >= 11 is 0. The summed E-state index contributed by atoms with van der Waals surface area (Å²) in [5.74, 6) is -1.34. The number of hydrogen-bond donors (Lipinski definition) is 3. The Kier molecular flexibility index (Phi) is 4.31. The van der Waals surface area contributed by atoms with Crippen molar-refractivity contribution in [1.82, 2.24) is 20.7 Å². The van der Waals surface area contributed by atoms with Gasteiger partial charge in [0, 0.05) is 54.5 Å². The molecular weight excluding hydrogens is 425 g/mol. The van der Waals surface area contributed by atoms with Gasteiger partial charge in [-0.25, -0.2) is 24.4 Å². The van der Waals surface area contributed by atoms with Crippen LogP contribution in [0, 0.1) is 17.3 Å². The minimum atomic E-state index is -2.72. The number of aromatic nitrogens is 1. The predicted molar refractivity (Wildman–Crippen MR) is 123 cm³/mol. The number of carbonyl (C=O) groups excluding carboxylic acids is 2. The number of hydrazine groups is 1. The Morgan fingerprint density at radius 2 is 2.21 bits per heavy atom. The van der Waals surface area contributed by atoms with Crippen LogP contribution in [0.15, 0.2) is 45.9 Å². The molecule has 1 saturated carbocycles. The van der Waals surface area contributed by atoms with E-state index in [4.69, 9.17) is 4.11 Å². The Hall–Kier alpha value is -3.40. The standard InChI is InChI=1S/C23H26FN7O2/c1-12-9-23-11-31(3)30-17(23)7-6-15(24)19(23)29-20(12)27-16-8-18(28-21(32)13-4-5-13)26-10-14(16)22(33)25-2/h6-8,10,12-13,30H,4-5,9,11H2,1-3H3,(H,25,33)(H,26,28,32)/i2D3. The van der Waals surface area contributed by atoms with Gasteiger partial charge >= 0.3 is 0 Å². The van der Waals surface area contributed by atoms with Crippen LogP contribution in [-0.4, -0.2) is 53.9 Å². The molecule has 1 aromatic rings. The highest BCUT2D eigenvalue weighted by atomic mass is 19.1. The number of aliphatic imine (C=N–C) groups is 2. The molecule has 1 aromatic heterocycles. The highest BCUT2D eigenvalue weighted by Crippen LogP contribution is 2.47. The Balaban J connectivity index is 1.56. The monoisotopic (exact) mass is 454 g/mol. The van der Waals surface area contributed by atoms with Crippen LogP contribution in [0.25, 0.3) is 0 Å². The van der Waals surface area contributed by atoms with Gasteiger partial charge in [-0.1, -0.05) is 6.92 Å². The van der Waals surface area contributed by atoms with E-state index in [1.807, 2.05) is 24.3 Å². The first-order valence-electron chi connectivity index (χ1n) is 12.3. The van der Waals surface area contributed by atoms with E-state index in [0.29, 0.717) is 18.8 Å². The molecule has 0 bridgehead atoms. The normalized spacial score (nSPS) is 29.3. The van der Waals surface area contributed by atoms with Crippen molar-refractivity contribution in [3.05, 3.63) is 41.5 Å². The summed E-state index contributed by atoms with van der Waals surface area (Å²) in [5.41, 5.74) is 3.72. The fraction of sp³-hybridized carbons (Fsp3) is 0.435. The van der Waals surface area contributed by atoms with Gasteiger partial charge in [-0.2, -0.15) is 0 Å². The number of allylic oxidation sites excluding steroid dienone is 3. The SMILES string of the molecule is [2H]C([2H])([2H])NC(=O)c1cnc(NC(=O)C2CC2)cc1N=C1N=C2C(F)=CC=C3NN(C)CC32CC1C. The van der Waals surface area contributed by atoms with Crippen LogP contribution >= 0.6 is 0 Å². The summed E-state index contributed by atoms with van der Waals surface area (Å²) in [6, 6.07) is 1.41. The zero-order valence-corrected chi connectivity index (χ0v) is 18.3. The third kappa shape index (κ3) is 3.74. The summed E-state index contributed by atoms with van der Waals surface area (Å²) in [7, 11) is 1.88. The summed E-state index contributed by atoms with van der Waals surface area (Å²) in [5, 5.41) is 6.53. The number of hydrogen-bond acceptors (Lipinski definition) is 6. The van der Waals surface area contributed by atoms with Crippen LogP contribution in [0.4, 0.5) is 15.9 Å². The minimum absolute atomic E-state index is 0.0671. The molecule has 2 aliphatic heterocycles. The van der Waals surface area contributed by atoms with Gasteiger partial charge in [0.2, 0.25) is 5.91 Å². The summed E-state index contributed by atoms with van der Waals surface area (Å²) in [6.45, 7) is -0.264. The van der Waals surface area contributed by atoms with Crippen molar-refractivity contribution in [1.29, 1.82) is 0 Å². The molecule has 0 aromatic carbocycles. The molecule has 3 heterocycles. The van der Waals surface area contributed by atoms with Crippen LogP contribution in [0.3, 0.4) is 0 Å². The van der Waals surface area contributed by atoms with E-state index >= 15 is 4.39 Å². The third-order valence-electron chi connectivity index (χ3n) is 6.41.